The summed E-state index contributed by atoms with van der Waals surface area (Å²) in [6.45, 7) is 0.508. The van der Waals surface area contributed by atoms with E-state index in [1.807, 2.05) is 0 Å². The summed E-state index contributed by atoms with van der Waals surface area (Å²) in [5.74, 6) is -0.965. The van der Waals surface area contributed by atoms with Crippen LogP contribution in [0.15, 0.2) is 24.3 Å². The van der Waals surface area contributed by atoms with Gasteiger partial charge in [-0.3, -0.25) is 4.79 Å². The van der Waals surface area contributed by atoms with Crippen LogP contribution in [0.4, 0.5) is 0 Å². The van der Waals surface area contributed by atoms with E-state index in [9.17, 15) is 9.59 Å². The summed E-state index contributed by atoms with van der Waals surface area (Å²) in [5, 5.41) is 18.2. The van der Waals surface area contributed by atoms with Gasteiger partial charge in [-0.1, -0.05) is 12.1 Å². The number of hydrogen-bond acceptors (Lipinski definition) is 3. The van der Waals surface area contributed by atoms with E-state index in [0.29, 0.717) is 13.0 Å². The van der Waals surface area contributed by atoms with E-state index in [1.165, 1.54) is 17.0 Å². The predicted octanol–water partition coefficient (Wildman–Crippen LogP) is 1.01. The highest BCUT2D eigenvalue weighted by atomic mass is 16.4. The van der Waals surface area contributed by atoms with Crippen LogP contribution in [0.1, 0.15) is 18.4 Å². The summed E-state index contributed by atoms with van der Waals surface area (Å²) in [6, 6.07) is 5.68. The predicted molar refractivity (Wildman–Crippen MR) is 64.2 cm³/mol. The van der Waals surface area contributed by atoms with Crippen molar-refractivity contribution in [2.75, 3.05) is 6.54 Å². The fourth-order valence-corrected chi connectivity index (χ4v) is 2.21. The summed E-state index contributed by atoms with van der Waals surface area (Å²) >= 11 is 0. The molecule has 1 aliphatic rings. The first-order valence-corrected chi connectivity index (χ1v) is 5.88. The second kappa shape index (κ2) is 5.08. The van der Waals surface area contributed by atoms with Gasteiger partial charge in [-0.2, -0.15) is 0 Å². The summed E-state index contributed by atoms with van der Waals surface area (Å²) in [6.07, 6.45) is 1.43. The van der Waals surface area contributed by atoms with E-state index in [-0.39, 0.29) is 18.1 Å². The Morgan fingerprint density at radius 3 is 2.56 bits per heavy atom. The van der Waals surface area contributed by atoms with Crippen LogP contribution in [0.25, 0.3) is 0 Å². The average molecular weight is 249 g/mol. The lowest BCUT2D eigenvalue weighted by Crippen LogP contribution is -2.41. The molecule has 0 radical (unpaired) electrons. The van der Waals surface area contributed by atoms with Crippen LogP contribution in [0.3, 0.4) is 0 Å². The number of rotatable bonds is 3. The number of phenols is 1. The zero-order chi connectivity index (χ0) is 13.1. The maximum Gasteiger partial charge on any atom is 0.326 e. The standard InChI is InChI=1S/C13H15NO4/c15-10-5-3-9(4-6-10)8-12(16)14-7-1-2-11(14)13(17)18/h3-6,11,15H,1-2,7-8H2,(H,17,18). The number of aromatic hydroxyl groups is 1. The molecule has 1 saturated heterocycles. The highest BCUT2D eigenvalue weighted by Gasteiger charge is 2.33. The van der Waals surface area contributed by atoms with Crippen molar-refractivity contribution < 1.29 is 19.8 Å². The first-order chi connectivity index (χ1) is 8.58. The molecule has 1 aliphatic heterocycles. The molecule has 5 nitrogen and oxygen atoms in total. The number of carboxylic acids is 1. The van der Waals surface area contributed by atoms with E-state index in [2.05, 4.69) is 0 Å². The molecule has 1 heterocycles. The zero-order valence-electron chi connectivity index (χ0n) is 9.87. The van der Waals surface area contributed by atoms with Crippen molar-refractivity contribution in [3.63, 3.8) is 0 Å². The Balaban J connectivity index is 2.03. The molecule has 1 fully saturated rings. The SMILES string of the molecule is O=C(O)C1CCCN1C(=O)Cc1ccc(O)cc1. The topological polar surface area (TPSA) is 77.8 Å². The van der Waals surface area contributed by atoms with Crippen LogP contribution < -0.4 is 0 Å². The molecule has 0 spiro atoms. The third-order valence-electron chi connectivity index (χ3n) is 3.15. The second-order valence-electron chi connectivity index (χ2n) is 4.43. The number of hydrogen-bond donors (Lipinski definition) is 2. The van der Waals surface area contributed by atoms with Crippen molar-refractivity contribution in [2.24, 2.45) is 0 Å². The monoisotopic (exact) mass is 249 g/mol. The quantitative estimate of drug-likeness (QED) is 0.838. The van der Waals surface area contributed by atoms with Crippen LogP contribution in [0.2, 0.25) is 0 Å². The fourth-order valence-electron chi connectivity index (χ4n) is 2.21. The molecule has 0 aromatic heterocycles. The Labute approximate surface area is 105 Å². The van der Waals surface area contributed by atoms with Gasteiger partial charge in [0, 0.05) is 6.54 Å². The Hall–Kier alpha value is -2.04. The van der Waals surface area contributed by atoms with E-state index in [1.54, 1.807) is 12.1 Å². The summed E-state index contributed by atoms with van der Waals surface area (Å²) in [7, 11) is 0. The summed E-state index contributed by atoms with van der Waals surface area (Å²) in [4.78, 5) is 24.4. The number of carbonyl (C=O) groups is 2. The van der Waals surface area contributed by atoms with Crippen molar-refractivity contribution in [1.82, 2.24) is 4.90 Å². The van der Waals surface area contributed by atoms with Gasteiger partial charge in [0.2, 0.25) is 5.91 Å². The van der Waals surface area contributed by atoms with Crippen molar-refractivity contribution in [2.45, 2.75) is 25.3 Å². The largest absolute Gasteiger partial charge is 0.508 e. The molecular formula is C13H15NO4. The molecule has 2 N–H and O–H groups in total. The first kappa shape index (κ1) is 12.4. The van der Waals surface area contributed by atoms with Gasteiger partial charge in [0.25, 0.3) is 0 Å². The van der Waals surface area contributed by atoms with Gasteiger partial charge >= 0.3 is 5.97 Å². The molecule has 2 rings (SSSR count). The lowest BCUT2D eigenvalue weighted by atomic mass is 10.1. The number of aliphatic carboxylic acids is 1. The number of phenolic OH excluding ortho intramolecular Hbond substituents is 1. The molecule has 1 aromatic rings. The van der Waals surface area contributed by atoms with Crippen LogP contribution in [0, 0.1) is 0 Å². The Morgan fingerprint density at radius 2 is 1.94 bits per heavy atom. The molecule has 1 aromatic carbocycles. The van der Waals surface area contributed by atoms with Crippen molar-refractivity contribution in [1.29, 1.82) is 0 Å². The Bertz CT molecular complexity index is 455. The molecule has 1 atom stereocenters. The summed E-state index contributed by atoms with van der Waals surface area (Å²) in [5.41, 5.74) is 0.772. The minimum absolute atomic E-state index is 0.149. The van der Waals surface area contributed by atoms with Gasteiger partial charge in [-0.05, 0) is 30.5 Å². The third kappa shape index (κ3) is 2.61. The maximum atomic E-state index is 12.0. The van der Waals surface area contributed by atoms with Crippen molar-refractivity contribution in [3.8, 4) is 5.75 Å². The highest BCUT2D eigenvalue weighted by Crippen LogP contribution is 2.19. The van der Waals surface area contributed by atoms with Crippen molar-refractivity contribution in [3.05, 3.63) is 29.8 Å². The lowest BCUT2D eigenvalue weighted by molar-refractivity contribution is -0.148. The van der Waals surface area contributed by atoms with E-state index in [4.69, 9.17) is 10.2 Å². The molecule has 0 saturated carbocycles. The smallest absolute Gasteiger partial charge is 0.326 e. The minimum Gasteiger partial charge on any atom is -0.508 e. The number of carbonyl (C=O) groups excluding carboxylic acids is 1. The van der Waals surface area contributed by atoms with Crippen LogP contribution in [-0.4, -0.2) is 39.6 Å². The lowest BCUT2D eigenvalue weighted by Gasteiger charge is -2.21. The van der Waals surface area contributed by atoms with Gasteiger partial charge in [-0.15, -0.1) is 0 Å². The molecule has 5 heteroatoms. The fraction of sp³-hybridized carbons (Fsp3) is 0.385. The number of amides is 1. The number of benzene rings is 1. The normalized spacial score (nSPS) is 18.9. The van der Waals surface area contributed by atoms with Gasteiger partial charge in [0.15, 0.2) is 0 Å². The third-order valence-corrected chi connectivity index (χ3v) is 3.15. The first-order valence-electron chi connectivity index (χ1n) is 5.88. The van der Waals surface area contributed by atoms with Gasteiger partial charge in [0.05, 0.1) is 6.42 Å². The minimum atomic E-state index is -0.938. The van der Waals surface area contributed by atoms with Gasteiger partial charge in [0.1, 0.15) is 11.8 Å². The molecule has 1 amide bonds. The zero-order valence-corrected chi connectivity index (χ0v) is 9.87. The molecule has 0 aliphatic carbocycles. The van der Waals surface area contributed by atoms with Gasteiger partial charge in [-0.25, -0.2) is 4.79 Å². The van der Waals surface area contributed by atoms with E-state index in [0.717, 1.165) is 12.0 Å². The number of likely N-dealkylation sites (tertiary alicyclic amines) is 1. The van der Waals surface area contributed by atoms with Crippen LogP contribution in [0.5, 0.6) is 5.75 Å². The number of carboxylic acid groups (broad SMARTS) is 1. The van der Waals surface area contributed by atoms with Crippen LogP contribution >= 0.6 is 0 Å². The molecular weight excluding hydrogens is 234 g/mol. The summed E-state index contributed by atoms with van der Waals surface area (Å²) < 4.78 is 0. The molecule has 18 heavy (non-hydrogen) atoms. The van der Waals surface area contributed by atoms with Gasteiger partial charge < -0.3 is 15.1 Å². The molecule has 0 bridgehead atoms. The van der Waals surface area contributed by atoms with E-state index < -0.39 is 12.0 Å². The molecule has 1 unspecified atom stereocenters. The van der Waals surface area contributed by atoms with Crippen LogP contribution in [-0.2, 0) is 16.0 Å². The maximum absolute atomic E-state index is 12.0. The second-order valence-corrected chi connectivity index (χ2v) is 4.43. The highest BCUT2D eigenvalue weighted by molar-refractivity contribution is 5.85. The Morgan fingerprint density at radius 1 is 1.28 bits per heavy atom. The van der Waals surface area contributed by atoms with E-state index >= 15 is 0 Å². The molecule has 96 valence electrons. The van der Waals surface area contributed by atoms with Crippen molar-refractivity contribution >= 4 is 11.9 Å². The Kier molecular flexibility index (Phi) is 3.50. The number of nitrogens with zero attached hydrogens (tertiary/aromatic N) is 1. The average Bonchev–Trinajstić information content (AvgIpc) is 2.81.